The summed E-state index contributed by atoms with van der Waals surface area (Å²) in [6.07, 6.45) is 1.26. The number of carbonyl (C=O) groups excluding carboxylic acids is 4. The number of hydrogen-bond acceptors (Lipinski definition) is 5. The van der Waals surface area contributed by atoms with E-state index in [1.165, 1.54) is 18.2 Å². The Morgan fingerprint density at radius 3 is 2.22 bits per heavy atom. The minimum absolute atomic E-state index is 0.0484. The molecule has 3 aromatic rings. The minimum Gasteiger partial charge on any atom is -0.481 e. The number of halogens is 3. The van der Waals surface area contributed by atoms with E-state index < -0.39 is 23.8 Å². The molecule has 0 aromatic heterocycles. The smallest absolute Gasteiger partial charge is 0.335 e. The van der Waals surface area contributed by atoms with E-state index in [0.29, 0.717) is 22.0 Å². The number of nitrogens with one attached hydrogen (secondary N) is 2. The van der Waals surface area contributed by atoms with Crippen LogP contribution in [0.2, 0.25) is 15.1 Å². The zero-order valence-corrected chi connectivity index (χ0v) is 20.5. The SMILES string of the molecule is O=C(COc1c(Cl)cc(/C=C2\C(=O)NC(=O)N(c3ccccc3)C2=O)cc1Cl)Nc1ccc(Cl)cc1. The van der Waals surface area contributed by atoms with Gasteiger partial charge in [0.25, 0.3) is 17.7 Å². The molecular weight excluding hydrogens is 529 g/mol. The van der Waals surface area contributed by atoms with E-state index in [9.17, 15) is 19.2 Å². The second-order valence-electron chi connectivity index (χ2n) is 7.45. The molecule has 1 aliphatic rings. The number of urea groups is 1. The molecule has 0 spiro atoms. The molecule has 4 rings (SSSR count). The van der Waals surface area contributed by atoms with Crippen LogP contribution in [0.1, 0.15) is 5.56 Å². The summed E-state index contributed by atoms with van der Waals surface area (Å²) >= 11 is 18.4. The zero-order chi connectivity index (χ0) is 25.8. The average molecular weight is 545 g/mol. The Labute approximate surface area is 220 Å². The minimum atomic E-state index is -0.858. The van der Waals surface area contributed by atoms with Crippen molar-refractivity contribution in [3.05, 3.63) is 92.9 Å². The lowest BCUT2D eigenvalue weighted by Gasteiger charge is -2.26. The molecule has 1 aliphatic heterocycles. The third-order valence-corrected chi connectivity index (χ3v) is 5.74. The van der Waals surface area contributed by atoms with Crippen LogP contribution in [0.15, 0.2) is 72.3 Å². The summed E-state index contributed by atoms with van der Waals surface area (Å²) in [5, 5.41) is 5.41. The maximum Gasteiger partial charge on any atom is 0.335 e. The topological polar surface area (TPSA) is 105 Å². The largest absolute Gasteiger partial charge is 0.481 e. The van der Waals surface area contributed by atoms with Gasteiger partial charge in [0.05, 0.1) is 15.7 Å². The Hall–Kier alpha value is -3.85. The van der Waals surface area contributed by atoms with Crippen molar-refractivity contribution in [2.45, 2.75) is 0 Å². The van der Waals surface area contributed by atoms with E-state index in [4.69, 9.17) is 39.5 Å². The molecule has 182 valence electrons. The van der Waals surface area contributed by atoms with Gasteiger partial charge in [-0.25, -0.2) is 9.69 Å². The van der Waals surface area contributed by atoms with E-state index in [2.05, 4.69) is 10.6 Å². The predicted octanol–water partition coefficient (Wildman–Crippen LogP) is 5.33. The quantitative estimate of drug-likeness (QED) is 0.322. The molecule has 0 aliphatic carbocycles. The number of rotatable bonds is 6. The van der Waals surface area contributed by atoms with Gasteiger partial charge in [0, 0.05) is 10.7 Å². The van der Waals surface area contributed by atoms with Crippen molar-refractivity contribution in [2.75, 3.05) is 16.8 Å². The van der Waals surface area contributed by atoms with E-state index in [1.54, 1.807) is 54.6 Å². The molecule has 0 saturated carbocycles. The van der Waals surface area contributed by atoms with Crippen molar-refractivity contribution < 1.29 is 23.9 Å². The van der Waals surface area contributed by atoms with Gasteiger partial charge in [-0.3, -0.25) is 19.7 Å². The fourth-order valence-electron chi connectivity index (χ4n) is 3.30. The summed E-state index contributed by atoms with van der Waals surface area (Å²) in [5.74, 6) is -2.07. The highest BCUT2D eigenvalue weighted by Gasteiger charge is 2.36. The van der Waals surface area contributed by atoms with Gasteiger partial charge < -0.3 is 10.1 Å². The van der Waals surface area contributed by atoms with Crippen molar-refractivity contribution in [1.82, 2.24) is 5.32 Å². The summed E-state index contributed by atoms with van der Waals surface area (Å²) in [5.41, 5.74) is 0.853. The molecule has 3 aromatic carbocycles. The van der Waals surface area contributed by atoms with Crippen molar-refractivity contribution in [1.29, 1.82) is 0 Å². The first kappa shape index (κ1) is 25.2. The second kappa shape index (κ2) is 10.8. The van der Waals surface area contributed by atoms with Crippen LogP contribution >= 0.6 is 34.8 Å². The summed E-state index contributed by atoms with van der Waals surface area (Å²) in [7, 11) is 0. The Kier molecular flexibility index (Phi) is 7.59. The van der Waals surface area contributed by atoms with Crippen molar-refractivity contribution in [3.8, 4) is 5.75 Å². The standard InChI is InChI=1S/C25H16Cl3N3O5/c26-15-6-8-16(9-7-15)29-21(32)13-36-22-19(27)11-14(12-20(22)28)10-18-23(33)30-25(35)31(24(18)34)17-4-2-1-3-5-17/h1-12H,13H2,(H,29,32)(H,30,33,35)/b18-10+. The highest BCUT2D eigenvalue weighted by atomic mass is 35.5. The van der Waals surface area contributed by atoms with Crippen molar-refractivity contribution >= 4 is 76.0 Å². The average Bonchev–Trinajstić information content (AvgIpc) is 2.83. The van der Waals surface area contributed by atoms with Gasteiger partial charge in [-0.2, -0.15) is 0 Å². The van der Waals surface area contributed by atoms with Gasteiger partial charge in [-0.15, -0.1) is 0 Å². The van der Waals surface area contributed by atoms with Crippen LogP contribution < -0.4 is 20.3 Å². The van der Waals surface area contributed by atoms with Crippen molar-refractivity contribution in [2.24, 2.45) is 0 Å². The van der Waals surface area contributed by atoms with Crippen LogP contribution in [-0.4, -0.2) is 30.4 Å². The van der Waals surface area contributed by atoms with Gasteiger partial charge in [-0.05, 0) is 60.2 Å². The molecule has 5 amide bonds. The summed E-state index contributed by atoms with van der Waals surface area (Å²) in [4.78, 5) is 50.7. The molecule has 1 fully saturated rings. The van der Waals surface area contributed by atoms with E-state index in [-0.39, 0.29) is 28.0 Å². The summed E-state index contributed by atoms with van der Waals surface area (Å²) in [6, 6.07) is 16.7. The molecule has 0 unspecified atom stereocenters. The van der Waals surface area contributed by atoms with Crippen LogP contribution in [0.5, 0.6) is 5.75 Å². The van der Waals surface area contributed by atoms with Crippen LogP contribution in [0.4, 0.5) is 16.2 Å². The van der Waals surface area contributed by atoms with Crippen LogP contribution in [-0.2, 0) is 14.4 Å². The highest BCUT2D eigenvalue weighted by Crippen LogP contribution is 2.35. The van der Waals surface area contributed by atoms with Crippen LogP contribution in [0.3, 0.4) is 0 Å². The van der Waals surface area contributed by atoms with Gasteiger partial charge >= 0.3 is 6.03 Å². The second-order valence-corrected chi connectivity index (χ2v) is 8.70. The lowest BCUT2D eigenvalue weighted by Crippen LogP contribution is -2.54. The first-order chi connectivity index (χ1) is 17.2. The summed E-state index contributed by atoms with van der Waals surface area (Å²) < 4.78 is 5.48. The number of amides is 5. The molecule has 1 saturated heterocycles. The Morgan fingerprint density at radius 1 is 0.944 bits per heavy atom. The fourth-order valence-corrected chi connectivity index (χ4v) is 4.04. The fraction of sp³-hybridized carbons (Fsp3) is 0.0400. The number of nitrogens with zero attached hydrogens (tertiary/aromatic N) is 1. The molecule has 2 N–H and O–H groups in total. The van der Waals surface area contributed by atoms with E-state index in [1.807, 2.05) is 0 Å². The van der Waals surface area contributed by atoms with Crippen LogP contribution in [0, 0.1) is 0 Å². The van der Waals surface area contributed by atoms with Gasteiger partial charge in [0.15, 0.2) is 12.4 Å². The number of carbonyl (C=O) groups is 4. The molecular formula is C25H16Cl3N3O5. The zero-order valence-electron chi connectivity index (χ0n) is 18.3. The number of benzene rings is 3. The van der Waals surface area contributed by atoms with E-state index >= 15 is 0 Å². The monoisotopic (exact) mass is 543 g/mol. The number of imide groups is 2. The molecule has 36 heavy (non-hydrogen) atoms. The van der Waals surface area contributed by atoms with E-state index in [0.717, 1.165) is 4.90 Å². The first-order valence-electron chi connectivity index (χ1n) is 10.4. The van der Waals surface area contributed by atoms with Crippen molar-refractivity contribution in [3.63, 3.8) is 0 Å². The molecule has 0 radical (unpaired) electrons. The maximum absolute atomic E-state index is 13.0. The predicted molar refractivity (Wildman–Crippen MR) is 137 cm³/mol. The van der Waals surface area contributed by atoms with Gasteiger partial charge in [0.1, 0.15) is 5.57 Å². The Balaban J connectivity index is 1.51. The highest BCUT2D eigenvalue weighted by molar-refractivity contribution is 6.40. The molecule has 0 bridgehead atoms. The normalized spacial score (nSPS) is 14.6. The third-order valence-electron chi connectivity index (χ3n) is 4.92. The third kappa shape index (κ3) is 5.68. The molecule has 0 atom stereocenters. The Morgan fingerprint density at radius 2 is 1.58 bits per heavy atom. The summed E-state index contributed by atoms with van der Waals surface area (Å²) in [6.45, 7) is -0.377. The Bertz CT molecular complexity index is 1370. The number of barbiturate groups is 1. The number of anilines is 2. The number of ether oxygens (including phenoxy) is 1. The number of para-hydroxylation sites is 1. The maximum atomic E-state index is 13.0. The molecule has 1 heterocycles. The van der Waals surface area contributed by atoms with Crippen LogP contribution in [0.25, 0.3) is 6.08 Å². The first-order valence-corrected chi connectivity index (χ1v) is 11.5. The van der Waals surface area contributed by atoms with Gasteiger partial charge in [0.2, 0.25) is 0 Å². The lowest BCUT2D eigenvalue weighted by molar-refractivity contribution is -0.122. The molecule has 11 heteroatoms. The lowest BCUT2D eigenvalue weighted by atomic mass is 10.1. The molecule has 8 nitrogen and oxygen atoms in total. The number of hydrogen-bond donors (Lipinski definition) is 2. The van der Waals surface area contributed by atoms with Gasteiger partial charge in [-0.1, -0.05) is 53.0 Å².